The summed E-state index contributed by atoms with van der Waals surface area (Å²) in [6, 6.07) is 27.9. The maximum Gasteiger partial charge on any atom is 0.412 e. The van der Waals surface area contributed by atoms with E-state index in [4.69, 9.17) is 10.5 Å². The normalized spacial score (nSPS) is 12.9. The minimum absolute atomic E-state index is 0. The number of anilines is 6. The number of ether oxygens (including phenoxy) is 1. The van der Waals surface area contributed by atoms with Crippen LogP contribution in [0.5, 0.6) is 0 Å². The number of aryl methyl sites for hydroxylation is 4. The highest BCUT2D eigenvalue weighted by atomic mass is 16.6. The zero-order valence-electron chi connectivity index (χ0n) is 33.7. The molecule has 3 N–H and O–H groups in total. The molecule has 6 rings (SSSR count). The highest BCUT2D eigenvalue weighted by Crippen LogP contribution is 2.39. The van der Waals surface area contributed by atoms with Gasteiger partial charge in [0.1, 0.15) is 5.60 Å². The van der Waals surface area contributed by atoms with E-state index in [9.17, 15) is 14.4 Å². The molecule has 2 aliphatic rings. The molecule has 2 aliphatic heterocycles. The molecule has 0 unspecified atom stereocenters. The number of para-hydroxylation sites is 2. The average Bonchev–Trinajstić information content (AvgIpc) is 3.43. The number of nitrogens with one attached hydrogen (secondary N) is 1. The Morgan fingerprint density at radius 3 is 1.46 bits per heavy atom. The molecule has 0 spiro atoms. The summed E-state index contributed by atoms with van der Waals surface area (Å²) in [5, 5.41) is 2.81. The molecule has 308 valence electrons. The van der Waals surface area contributed by atoms with Gasteiger partial charge in [0.2, 0.25) is 11.8 Å². The van der Waals surface area contributed by atoms with Crippen molar-refractivity contribution in [2.24, 2.45) is 0 Å². The van der Waals surface area contributed by atoms with Gasteiger partial charge < -0.3 is 10.5 Å². The minimum atomic E-state index is -0.583. The van der Waals surface area contributed by atoms with Gasteiger partial charge in [-0.1, -0.05) is 91.1 Å². The summed E-state index contributed by atoms with van der Waals surface area (Å²) >= 11 is 0. The van der Waals surface area contributed by atoms with Crippen LogP contribution in [0.2, 0.25) is 0 Å². The number of nitrogen functional groups attached to an aromatic ring is 1. The van der Waals surface area contributed by atoms with Crippen molar-refractivity contribution < 1.29 is 19.1 Å². The average molecular weight is 779 g/mol. The van der Waals surface area contributed by atoms with Crippen LogP contribution in [0.15, 0.2) is 84.9 Å². The highest BCUT2D eigenvalue weighted by Gasteiger charge is 2.29. The van der Waals surface area contributed by atoms with Crippen molar-refractivity contribution >= 4 is 52.0 Å². The second kappa shape index (κ2) is 20.8. The van der Waals surface area contributed by atoms with Crippen molar-refractivity contribution in [2.75, 3.05) is 60.1 Å². The SMILES string of the molecule is C.C.CCN(CC)CC(=O)N1c2ccccc2CCc2ccc(N)cc21.CCN(CC)CC(=O)N1c2ccccc2CCc2ccc(NC(=O)OC(C)(C)C)cc21. The molecule has 0 bridgehead atoms. The van der Waals surface area contributed by atoms with E-state index in [1.54, 1.807) is 0 Å². The number of fused-ring (bicyclic) bond motifs is 4. The number of benzene rings is 4. The summed E-state index contributed by atoms with van der Waals surface area (Å²) in [4.78, 5) is 46.9. The molecule has 0 saturated heterocycles. The van der Waals surface area contributed by atoms with E-state index in [1.807, 2.05) is 103 Å². The molecule has 0 radical (unpaired) electrons. The number of likely N-dealkylation sites (N-methyl/N-ethyl adjacent to an activating group) is 2. The van der Waals surface area contributed by atoms with Crippen LogP contribution < -0.4 is 20.9 Å². The first-order chi connectivity index (χ1) is 26.3. The molecule has 0 saturated carbocycles. The molecule has 4 aromatic carbocycles. The third-order valence-electron chi connectivity index (χ3n) is 10.1. The van der Waals surface area contributed by atoms with E-state index < -0.39 is 11.7 Å². The number of rotatable bonds is 9. The molecular formula is C47H66N6O4. The topological polar surface area (TPSA) is 111 Å². The van der Waals surface area contributed by atoms with Crippen LogP contribution in [-0.4, -0.2) is 72.6 Å². The first kappa shape index (κ1) is 46.2. The Morgan fingerprint density at radius 1 is 0.614 bits per heavy atom. The largest absolute Gasteiger partial charge is 0.444 e. The van der Waals surface area contributed by atoms with Gasteiger partial charge >= 0.3 is 6.09 Å². The molecular weight excluding hydrogens is 713 g/mol. The number of hydrogen-bond acceptors (Lipinski definition) is 7. The number of carbonyl (C=O) groups excluding carboxylic acids is 3. The summed E-state index contributed by atoms with van der Waals surface area (Å²) in [5.41, 5.74) is 15.0. The van der Waals surface area contributed by atoms with E-state index in [0.29, 0.717) is 24.5 Å². The fraction of sp³-hybridized carbons (Fsp3) is 0.426. The lowest BCUT2D eigenvalue weighted by Crippen LogP contribution is -2.38. The Hall–Kier alpha value is -5.19. The summed E-state index contributed by atoms with van der Waals surface area (Å²) < 4.78 is 5.39. The molecule has 57 heavy (non-hydrogen) atoms. The van der Waals surface area contributed by atoms with Gasteiger partial charge in [-0.2, -0.15) is 0 Å². The Kier molecular flexibility index (Phi) is 16.9. The van der Waals surface area contributed by atoms with E-state index in [0.717, 1.165) is 85.7 Å². The molecule has 0 atom stereocenters. The lowest BCUT2D eigenvalue weighted by molar-refractivity contribution is -0.119. The number of nitrogens with zero attached hydrogens (tertiary/aromatic N) is 4. The number of hydrogen-bond donors (Lipinski definition) is 2. The fourth-order valence-electron chi connectivity index (χ4n) is 7.12. The van der Waals surface area contributed by atoms with Gasteiger partial charge in [-0.3, -0.25) is 34.5 Å². The predicted octanol–water partition coefficient (Wildman–Crippen LogP) is 9.78. The fourth-order valence-corrected chi connectivity index (χ4v) is 7.12. The van der Waals surface area contributed by atoms with Crippen LogP contribution in [0.1, 0.15) is 85.6 Å². The summed E-state index contributed by atoms with van der Waals surface area (Å²) in [6.45, 7) is 17.9. The summed E-state index contributed by atoms with van der Waals surface area (Å²) in [6.07, 6.45) is 3.03. The van der Waals surface area contributed by atoms with Crippen LogP contribution in [0.4, 0.5) is 38.9 Å². The van der Waals surface area contributed by atoms with E-state index >= 15 is 0 Å². The monoisotopic (exact) mass is 779 g/mol. The molecule has 2 heterocycles. The highest BCUT2D eigenvalue weighted by molar-refractivity contribution is 6.05. The molecule has 10 heteroatoms. The quantitative estimate of drug-likeness (QED) is 0.163. The van der Waals surface area contributed by atoms with Gasteiger partial charge in [-0.15, -0.1) is 0 Å². The summed E-state index contributed by atoms with van der Waals surface area (Å²) in [5.74, 6) is 0.119. The first-order valence-electron chi connectivity index (χ1n) is 19.6. The summed E-state index contributed by atoms with van der Waals surface area (Å²) in [7, 11) is 0. The molecule has 3 amide bonds. The third kappa shape index (κ3) is 11.7. The molecule has 10 nitrogen and oxygen atoms in total. The number of carbonyl (C=O) groups is 3. The second-order valence-corrected chi connectivity index (χ2v) is 15.0. The second-order valence-electron chi connectivity index (χ2n) is 15.0. The molecule has 0 fully saturated rings. The predicted molar refractivity (Wildman–Crippen MR) is 238 cm³/mol. The Balaban J connectivity index is 0.000000303. The zero-order valence-corrected chi connectivity index (χ0v) is 33.7. The van der Waals surface area contributed by atoms with Crippen LogP contribution in [-0.2, 0) is 40.0 Å². The molecule has 0 aliphatic carbocycles. The van der Waals surface area contributed by atoms with Gasteiger partial charge in [0.05, 0.1) is 35.8 Å². The van der Waals surface area contributed by atoms with E-state index in [2.05, 4.69) is 54.9 Å². The van der Waals surface area contributed by atoms with Crippen LogP contribution >= 0.6 is 0 Å². The van der Waals surface area contributed by atoms with Crippen LogP contribution in [0.25, 0.3) is 0 Å². The third-order valence-corrected chi connectivity index (χ3v) is 10.1. The van der Waals surface area contributed by atoms with E-state index in [1.165, 1.54) is 11.1 Å². The van der Waals surface area contributed by atoms with Crippen molar-refractivity contribution in [3.63, 3.8) is 0 Å². The lowest BCUT2D eigenvalue weighted by atomic mass is 10.0. The van der Waals surface area contributed by atoms with E-state index in [-0.39, 0.29) is 26.7 Å². The molecule has 4 aromatic rings. The smallest absolute Gasteiger partial charge is 0.412 e. The van der Waals surface area contributed by atoms with Gasteiger partial charge in [0.15, 0.2) is 0 Å². The van der Waals surface area contributed by atoms with Crippen molar-refractivity contribution in [1.82, 2.24) is 9.80 Å². The maximum atomic E-state index is 13.5. The van der Waals surface area contributed by atoms with Crippen molar-refractivity contribution in [3.8, 4) is 0 Å². The Labute approximate surface area is 342 Å². The standard InChI is InChI=1S/C25H33N3O3.C20H25N3O.2CH4/c1-6-27(7-2)17-23(29)28-21-11-9-8-10-18(21)12-13-19-14-15-20(16-22(19)28)26-24(30)31-25(3,4)5;1-3-22(4-2)14-20(24)23-18-8-6-5-7-15(18)9-10-16-11-12-17(21)13-19(16)23;;/h8-11,14-16H,6-7,12-13,17H2,1-5H3,(H,26,30);5-8,11-13H,3-4,9-10,14,21H2,1-2H3;2*1H4. The minimum Gasteiger partial charge on any atom is -0.444 e. The van der Waals surface area contributed by atoms with Crippen molar-refractivity contribution in [2.45, 2.75) is 94.6 Å². The van der Waals surface area contributed by atoms with Crippen LogP contribution in [0.3, 0.4) is 0 Å². The number of nitrogens with two attached hydrogens (primary N) is 1. The Bertz CT molecular complexity index is 1960. The van der Waals surface area contributed by atoms with Gasteiger partial charge in [0.25, 0.3) is 0 Å². The first-order valence-corrected chi connectivity index (χ1v) is 19.6. The van der Waals surface area contributed by atoms with Gasteiger partial charge in [-0.25, -0.2) is 4.79 Å². The van der Waals surface area contributed by atoms with Gasteiger partial charge in [-0.05, 0) is 131 Å². The van der Waals surface area contributed by atoms with Crippen molar-refractivity contribution in [3.05, 3.63) is 107 Å². The molecule has 0 aromatic heterocycles. The zero-order chi connectivity index (χ0) is 39.7. The number of amides is 3. The Morgan fingerprint density at radius 2 is 1.02 bits per heavy atom. The maximum absolute atomic E-state index is 13.5. The lowest BCUT2D eigenvalue weighted by Gasteiger charge is -2.28. The van der Waals surface area contributed by atoms with Crippen LogP contribution in [0, 0.1) is 0 Å². The van der Waals surface area contributed by atoms with Crippen molar-refractivity contribution in [1.29, 1.82) is 0 Å². The van der Waals surface area contributed by atoms with Gasteiger partial charge in [0, 0.05) is 11.4 Å².